The van der Waals surface area contributed by atoms with Gasteiger partial charge in [-0.05, 0) is 36.0 Å². The van der Waals surface area contributed by atoms with Gasteiger partial charge in [0, 0.05) is 24.7 Å². The molecule has 0 bridgehead atoms. The molecule has 2 heterocycles. The van der Waals surface area contributed by atoms with Crippen molar-refractivity contribution in [2.24, 2.45) is 0 Å². The van der Waals surface area contributed by atoms with Crippen molar-refractivity contribution in [2.45, 2.75) is 25.2 Å². The average Bonchev–Trinajstić information content (AvgIpc) is 2.49. The third kappa shape index (κ3) is 1.85. The molecule has 0 saturated carbocycles. The number of nitrogens with zero attached hydrogens (tertiary/aromatic N) is 1. The number of hydrogen-bond acceptors (Lipinski definition) is 1. The van der Waals surface area contributed by atoms with Gasteiger partial charge in [0.2, 0.25) is 0 Å². The van der Waals surface area contributed by atoms with Gasteiger partial charge in [-0.25, -0.2) is 0 Å². The Bertz CT molecular complexity index is 588. The van der Waals surface area contributed by atoms with Gasteiger partial charge in [-0.3, -0.25) is 0 Å². The van der Waals surface area contributed by atoms with Crippen molar-refractivity contribution in [1.29, 1.82) is 0 Å². The van der Waals surface area contributed by atoms with Gasteiger partial charge in [0.25, 0.3) is 0 Å². The molecule has 1 atom stereocenters. The first kappa shape index (κ1) is 11.1. The van der Waals surface area contributed by atoms with Crippen LogP contribution in [-0.4, -0.2) is 13.1 Å². The molecular formula is C18H19N. The lowest BCUT2D eigenvalue weighted by molar-refractivity contribution is 0.577. The van der Waals surface area contributed by atoms with E-state index in [1.54, 1.807) is 16.8 Å². The number of rotatable bonds is 1. The molecular weight excluding hydrogens is 230 g/mol. The first-order valence-corrected chi connectivity index (χ1v) is 7.32. The van der Waals surface area contributed by atoms with Crippen LogP contribution in [0.15, 0.2) is 48.5 Å². The minimum atomic E-state index is 0.655. The van der Waals surface area contributed by atoms with Crippen molar-refractivity contribution in [3.05, 3.63) is 65.2 Å². The minimum absolute atomic E-state index is 0.655. The highest BCUT2D eigenvalue weighted by molar-refractivity contribution is 5.63. The molecule has 2 aliphatic rings. The lowest BCUT2D eigenvalue weighted by Gasteiger charge is -2.40. The molecule has 1 unspecified atom stereocenters. The normalized spacial score (nSPS) is 21.1. The van der Waals surface area contributed by atoms with E-state index in [1.807, 2.05) is 0 Å². The second kappa shape index (κ2) is 4.41. The standard InChI is InChI=1S/C18H19N/c1-2-6-14(7-3-1)17-12-16-9-4-8-15-10-5-11-19(13-17)18(15)16/h1-4,6-9,17H,5,10-13H2. The zero-order chi connectivity index (χ0) is 12.7. The molecule has 0 aromatic heterocycles. The van der Waals surface area contributed by atoms with E-state index in [1.165, 1.54) is 37.9 Å². The molecule has 0 spiro atoms. The SMILES string of the molecule is c1ccc(C2Cc3cccc4c3N(CCC4)C2)cc1. The van der Waals surface area contributed by atoms with E-state index >= 15 is 0 Å². The van der Waals surface area contributed by atoms with Crippen LogP contribution in [-0.2, 0) is 12.8 Å². The van der Waals surface area contributed by atoms with Gasteiger partial charge in [0.1, 0.15) is 0 Å². The minimum Gasteiger partial charge on any atom is -0.370 e. The van der Waals surface area contributed by atoms with Crippen molar-refractivity contribution < 1.29 is 0 Å². The van der Waals surface area contributed by atoms with Gasteiger partial charge in [0.15, 0.2) is 0 Å². The molecule has 2 aromatic carbocycles. The van der Waals surface area contributed by atoms with Crippen molar-refractivity contribution in [3.8, 4) is 0 Å². The maximum absolute atomic E-state index is 2.62. The van der Waals surface area contributed by atoms with E-state index in [9.17, 15) is 0 Å². The van der Waals surface area contributed by atoms with Crippen molar-refractivity contribution in [3.63, 3.8) is 0 Å². The highest BCUT2D eigenvalue weighted by atomic mass is 15.1. The zero-order valence-corrected chi connectivity index (χ0v) is 11.2. The largest absolute Gasteiger partial charge is 0.370 e. The monoisotopic (exact) mass is 249 g/mol. The van der Waals surface area contributed by atoms with Gasteiger partial charge in [0.05, 0.1) is 0 Å². The number of benzene rings is 2. The summed E-state index contributed by atoms with van der Waals surface area (Å²) in [4.78, 5) is 2.62. The molecule has 2 aliphatic heterocycles. The topological polar surface area (TPSA) is 3.24 Å². The summed E-state index contributed by atoms with van der Waals surface area (Å²) in [6, 6.07) is 17.9. The zero-order valence-electron chi connectivity index (χ0n) is 11.2. The predicted octanol–water partition coefficient (Wildman–Crippen LogP) is 3.78. The van der Waals surface area contributed by atoms with Crippen LogP contribution in [0.4, 0.5) is 5.69 Å². The average molecular weight is 249 g/mol. The number of aryl methyl sites for hydroxylation is 1. The van der Waals surface area contributed by atoms with Crippen LogP contribution in [0.3, 0.4) is 0 Å². The maximum atomic E-state index is 2.62. The molecule has 96 valence electrons. The molecule has 4 rings (SSSR count). The van der Waals surface area contributed by atoms with E-state index in [0.717, 1.165) is 0 Å². The Balaban J connectivity index is 1.75. The van der Waals surface area contributed by atoms with Crippen molar-refractivity contribution >= 4 is 5.69 Å². The first-order valence-electron chi connectivity index (χ1n) is 7.32. The fraction of sp³-hybridized carbons (Fsp3) is 0.333. The quantitative estimate of drug-likeness (QED) is 0.743. The number of hydrogen-bond donors (Lipinski definition) is 0. The molecule has 2 aromatic rings. The molecule has 0 saturated heterocycles. The van der Waals surface area contributed by atoms with Crippen LogP contribution in [0.2, 0.25) is 0 Å². The summed E-state index contributed by atoms with van der Waals surface area (Å²) in [5.74, 6) is 0.655. The van der Waals surface area contributed by atoms with E-state index in [4.69, 9.17) is 0 Å². The van der Waals surface area contributed by atoms with Crippen LogP contribution in [0, 0.1) is 0 Å². The second-order valence-corrected chi connectivity index (χ2v) is 5.79. The van der Waals surface area contributed by atoms with Gasteiger partial charge >= 0.3 is 0 Å². The van der Waals surface area contributed by atoms with Gasteiger partial charge < -0.3 is 4.90 Å². The van der Waals surface area contributed by atoms with Gasteiger partial charge in [-0.2, -0.15) is 0 Å². The fourth-order valence-corrected chi connectivity index (χ4v) is 3.72. The number of para-hydroxylation sites is 1. The Morgan fingerprint density at radius 3 is 2.63 bits per heavy atom. The highest BCUT2D eigenvalue weighted by Gasteiger charge is 2.28. The van der Waals surface area contributed by atoms with E-state index < -0.39 is 0 Å². The second-order valence-electron chi connectivity index (χ2n) is 5.79. The van der Waals surface area contributed by atoms with Crippen LogP contribution in [0.5, 0.6) is 0 Å². The molecule has 0 radical (unpaired) electrons. The Hall–Kier alpha value is -1.76. The Morgan fingerprint density at radius 1 is 0.895 bits per heavy atom. The summed E-state index contributed by atoms with van der Waals surface area (Å²) >= 11 is 0. The van der Waals surface area contributed by atoms with Crippen molar-refractivity contribution in [1.82, 2.24) is 0 Å². The third-order valence-corrected chi connectivity index (χ3v) is 4.57. The van der Waals surface area contributed by atoms with E-state index in [-0.39, 0.29) is 0 Å². The molecule has 0 aliphatic carbocycles. The summed E-state index contributed by atoms with van der Waals surface area (Å²) in [5.41, 5.74) is 6.16. The van der Waals surface area contributed by atoms with E-state index in [0.29, 0.717) is 5.92 Å². The highest BCUT2D eigenvalue weighted by Crippen LogP contribution is 2.39. The maximum Gasteiger partial charge on any atom is 0.0431 e. The molecule has 1 heteroatoms. The summed E-state index contributed by atoms with van der Waals surface area (Å²) in [6.07, 6.45) is 3.76. The van der Waals surface area contributed by atoms with Crippen LogP contribution in [0.25, 0.3) is 0 Å². The van der Waals surface area contributed by atoms with Gasteiger partial charge in [-0.1, -0.05) is 48.5 Å². The van der Waals surface area contributed by atoms with Crippen LogP contribution >= 0.6 is 0 Å². The predicted molar refractivity (Wildman–Crippen MR) is 79.9 cm³/mol. The summed E-state index contributed by atoms with van der Waals surface area (Å²) < 4.78 is 0. The summed E-state index contributed by atoms with van der Waals surface area (Å²) in [7, 11) is 0. The molecule has 0 amide bonds. The van der Waals surface area contributed by atoms with Crippen molar-refractivity contribution in [2.75, 3.05) is 18.0 Å². The Kier molecular flexibility index (Phi) is 2.58. The van der Waals surface area contributed by atoms with Crippen LogP contribution in [0.1, 0.15) is 29.0 Å². The van der Waals surface area contributed by atoms with Crippen LogP contribution < -0.4 is 4.90 Å². The third-order valence-electron chi connectivity index (χ3n) is 4.57. The Labute approximate surface area is 114 Å². The van der Waals surface area contributed by atoms with Gasteiger partial charge in [-0.15, -0.1) is 0 Å². The molecule has 0 fully saturated rings. The van der Waals surface area contributed by atoms with E-state index in [2.05, 4.69) is 53.4 Å². The number of anilines is 1. The lowest BCUT2D eigenvalue weighted by Crippen LogP contribution is -2.38. The Morgan fingerprint density at radius 2 is 1.74 bits per heavy atom. The molecule has 0 N–H and O–H groups in total. The molecule has 1 nitrogen and oxygen atoms in total. The summed E-state index contributed by atoms with van der Waals surface area (Å²) in [5, 5.41) is 0. The summed E-state index contributed by atoms with van der Waals surface area (Å²) in [6.45, 7) is 2.42. The first-order chi connectivity index (χ1) is 9.42. The fourth-order valence-electron chi connectivity index (χ4n) is 3.72. The lowest BCUT2D eigenvalue weighted by atomic mass is 9.84. The smallest absolute Gasteiger partial charge is 0.0431 e. The molecule has 19 heavy (non-hydrogen) atoms.